The molecule has 0 radical (unpaired) electrons. The number of guanidine groups is 1. The molecule has 1 fully saturated rings. The Balaban J connectivity index is 0.00000242. The number of rotatable bonds is 3. The number of carbonyl (C=O) groups is 1. The molecule has 0 saturated carbocycles. The maximum absolute atomic E-state index is 11.5. The zero-order chi connectivity index (χ0) is 15.4. The molecule has 1 unspecified atom stereocenters. The SMILES string of the molecule is CN=C(NCc1sc(C)nc1C)NC1CCC(=O)N(C)C1.I. The van der Waals surface area contributed by atoms with Crippen LogP contribution in [0.1, 0.15) is 28.4 Å². The number of hydrogen-bond donors (Lipinski definition) is 2. The Hall–Kier alpha value is -0.900. The van der Waals surface area contributed by atoms with Crippen LogP contribution in [0, 0.1) is 13.8 Å². The van der Waals surface area contributed by atoms with Crippen LogP contribution < -0.4 is 10.6 Å². The van der Waals surface area contributed by atoms with Crippen LogP contribution in [0.5, 0.6) is 0 Å². The summed E-state index contributed by atoms with van der Waals surface area (Å²) in [4.78, 5) is 23.2. The molecule has 124 valence electrons. The zero-order valence-electron chi connectivity index (χ0n) is 13.5. The summed E-state index contributed by atoms with van der Waals surface area (Å²) in [5, 5.41) is 7.78. The largest absolute Gasteiger partial charge is 0.352 e. The highest BCUT2D eigenvalue weighted by Crippen LogP contribution is 2.16. The van der Waals surface area contributed by atoms with Gasteiger partial charge in [-0.3, -0.25) is 9.79 Å². The molecule has 2 rings (SSSR count). The average molecular weight is 437 g/mol. The van der Waals surface area contributed by atoms with Crippen molar-refractivity contribution in [2.75, 3.05) is 20.6 Å². The fourth-order valence-corrected chi connectivity index (χ4v) is 3.30. The minimum Gasteiger partial charge on any atom is -0.352 e. The number of thiazole rings is 1. The van der Waals surface area contributed by atoms with Crippen molar-refractivity contribution in [3.05, 3.63) is 15.6 Å². The number of hydrogen-bond acceptors (Lipinski definition) is 4. The predicted octanol–water partition coefficient (Wildman–Crippen LogP) is 1.66. The smallest absolute Gasteiger partial charge is 0.222 e. The summed E-state index contributed by atoms with van der Waals surface area (Å²) in [6, 6.07) is 0.253. The first-order valence-electron chi connectivity index (χ1n) is 7.13. The third kappa shape index (κ3) is 5.08. The lowest BCUT2D eigenvalue weighted by Crippen LogP contribution is -2.51. The summed E-state index contributed by atoms with van der Waals surface area (Å²) < 4.78 is 0. The van der Waals surface area contributed by atoms with Crippen LogP contribution in [-0.4, -0.2) is 48.4 Å². The molecule has 0 bridgehead atoms. The fraction of sp³-hybridized carbons (Fsp3) is 0.643. The quantitative estimate of drug-likeness (QED) is 0.429. The molecular formula is C14H24IN5OS. The van der Waals surface area contributed by atoms with Crippen LogP contribution in [0.3, 0.4) is 0 Å². The van der Waals surface area contributed by atoms with Gasteiger partial charge in [0.2, 0.25) is 5.91 Å². The Bertz CT molecular complexity index is 545. The van der Waals surface area contributed by atoms with E-state index in [1.807, 2.05) is 20.9 Å². The average Bonchev–Trinajstić information content (AvgIpc) is 2.77. The third-order valence-electron chi connectivity index (χ3n) is 3.61. The van der Waals surface area contributed by atoms with Crippen LogP contribution in [0.25, 0.3) is 0 Å². The first-order valence-corrected chi connectivity index (χ1v) is 7.95. The van der Waals surface area contributed by atoms with Crippen LogP contribution in [0.4, 0.5) is 0 Å². The van der Waals surface area contributed by atoms with Crippen LogP contribution in [0.2, 0.25) is 0 Å². The fourth-order valence-electron chi connectivity index (χ4n) is 2.42. The molecule has 0 spiro atoms. The highest BCUT2D eigenvalue weighted by atomic mass is 127. The van der Waals surface area contributed by atoms with Gasteiger partial charge in [-0.15, -0.1) is 35.3 Å². The lowest BCUT2D eigenvalue weighted by Gasteiger charge is -2.31. The number of likely N-dealkylation sites (N-methyl/N-ethyl adjacent to an activating group) is 1. The van der Waals surface area contributed by atoms with Crippen molar-refractivity contribution in [3.8, 4) is 0 Å². The molecule has 1 atom stereocenters. The number of halogens is 1. The molecule has 1 aromatic heterocycles. The second kappa shape index (κ2) is 8.66. The summed E-state index contributed by atoms with van der Waals surface area (Å²) >= 11 is 1.70. The van der Waals surface area contributed by atoms with Gasteiger partial charge in [-0.1, -0.05) is 0 Å². The van der Waals surface area contributed by atoms with Crippen molar-refractivity contribution in [2.24, 2.45) is 4.99 Å². The summed E-state index contributed by atoms with van der Waals surface area (Å²) in [5.74, 6) is 0.986. The second-order valence-corrected chi connectivity index (χ2v) is 6.61. The summed E-state index contributed by atoms with van der Waals surface area (Å²) in [6.07, 6.45) is 1.45. The molecule has 2 heterocycles. The van der Waals surface area contributed by atoms with Crippen molar-refractivity contribution in [1.82, 2.24) is 20.5 Å². The highest BCUT2D eigenvalue weighted by Gasteiger charge is 2.23. The van der Waals surface area contributed by atoms with E-state index in [4.69, 9.17) is 0 Å². The number of piperidine rings is 1. The van der Waals surface area contributed by atoms with E-state index >= 15 is 0 Å². The Morgan fingerprint density at radius 3 is 2.77 bits per heavy atom. The third-order valence-corrected chi connectivity index (χ3v) is 4.68. The van der Waals surface area contributed by atoms with E-state index in [9.17, 15) is 4.79 Å². The van der Waals surface area contributed by atoms with E-state index in [1.165, 1.54) is 4.88 Å². The molecule has 0 aliphatic carbocycles. The Morgan fingerprint density at radius 1 is 1.50 bits per heavy atom. The molecule has 1 aromatic rings. The van der Waals surface area contributed by atoms with E-state index < -0.39 is 0 Å². The lowest BCUT2D eigenvalue weighted by atomic mass is 10.1. The lowest BCUT2D eigenvalue weighted by molar-refractivity contribution is -0.132. The summed E-state index contributed by atoms with van der Waals surface area (Å²) in [7, 11) is 3.60. The van der Waals surface area contributed by atoms with Crippen LogP contribution in [0.15, 0.2) is 4.99 Å². The Labute approximate surface area is 152 Å². The highest BCUT2D eigenvalue weighted by molar-refractivity contribution is 14.0. The minimum absolute atomic E-state index is 0. The van der Waals surface area contributed by atoms with E-state index in [1.54, 1.807) is 23.3 Å². The summed E-state index contributed by atoms with van der Waals surface area (Å²) in [5.41, 5.74) is 1.07. The number of nitrogens with one attached hydrogen (secondary N) is 2. The van der Waals surface area contributed by atoms with Crippen molar-refractivity contribution < 1.29 is 4.79 Å². The molecule has 22 heavy (non-hydrogen) atoms. The van der Waals surface area contributed by atoms with Crippen molar-refractivity contribution in [1.29, 1.82) is 0 Å². The number of amides is 1. The number of nitrogens with zero attached hydrogens (tertiary/aromatic N) is 3. The first kappa shape index (κ1) is 19.1. The van der Waals surface area contributed by atoms with Gasteiger partial charge in [0, 0.05) is 38.0 Å². The van der Waals surface area contributed by atoms with Gasteiger partial charge in [-0.25, -0.2) is 4.98 Å². The Kier molecular flexibility index (Phi) is 7.54. The van der Waals surface area contributed by atoms with E-state index in [0.29, 0.717) is 6.42 Å². The maximum Gasteiger partial charge on any atom is 0.222 e. The van der Waals surface area contributed by atoms with E-state index in [-0.39, 0.29) is 35.9 Å². The molecule has 1 amide bonds. The van der Waals surface area contributed by atoms with Crippen LogP contribution in [-0.2, 0) is 11.3 Å². The van der Waals surface area contributed by atoms with Gasteiger partial charge < -0.3 is 15.5 Å². The molecule has 1 saturated heterocycles. The molecular weight excluding hydrogens is 413 g/mol. The van der Waals surface area contributed by atoms with Gasteiger partial charge in [0.15, 0.2) is 5.96 Å². The van der Waals surface area contributed by atoms with E-state index in [0.717, 1.165) is 36.2 Å². The number of likely N-dealkylation sites (tertiary alicyclic amines) is 1. The topological polar surface area (TPSA) is 69.6 Å². The van der Waals surface area contributed by atoms with Gasteiger partial charge >= 0.3 is 0 Å². The number of carbonyl (C=O) groups excluding carboxylic acids is 1. The molecule has 6 nitrogen and oxygen atoms in total. The van der Waals surface area contributed by atoms with Gasteiger partial charge in [0.1, 0.15) is 0 Å². The number of aliphatic imine (C=N–C) groups is 1. The van der Waals surface area contributed by atoms with Gasteiger partial charge in [-0.2, -0.15) is 0 Å². The van der Waals surface area contributed by atoms with Gasteiger partial charge in [0.25, 0.3) is 0 Å². The predicted molar refractivity (Wildman–Crippen MR) is 101 cm³/mol. The van der Waals surface area contributed by atoms with Crippen molar-refractivity contribution in [3.63, 3.8) is 0 Å². The standard InChI is InChI=1S/C14H23N5OS.HI/c1-9-12(21-10(2)17-9)7-16-14(15-3)18-11-5-6-13(20)19(4)8-11;/h11H,5-8H2,1-4H3,(H2,15,16,18);1H. The zero-order valence-corrected chi connectivity index (χ0v) is 16.6. The molecule has 2 N–H and O–H groups in total. The molecule has 8 heteroatoms. The number of aryl methyl sites for hydroxylation is 2. The summed E-state index contributed by atoms with van der Waals surface area (Å²) in [6.45, 7) is 5.48. The maximum atomic E-state index is 11.5. The second-order valence-electron chi connectivity index (χ2n) is 5.32. The normalized spacial score (nSPS) is 18.9. The number of aromatic nitrogens is 1. The molecule has 1 aliphatic rings. The minimum atomic E-state index is 0. The van der Waals surface area contributed by atoms with Gasteiger partial charge in [-0.05, 0) is 20.3 Å². The van der Waals surface area contributed by atoms with Crippen LogP contribution >= 0.6 is 35.3 Å². The molecule has 0 aromatic carbocycles. The Morgan fingerprint density at radius 2 is 2.23 bits per heavy atom. The van der Waals surface area contributed by atoms with E-state index in [2.05, 4.69) is 20.6 Å². The van der Waals surface area contributed by atoms with Crippen molar-refractivity contribution in [2.45, 2.75) is 39.3 Å². The monoisotopic (exact) mass is 437 g/mol. The first-order chi connectivity index (χ1) is 9.99. The van der Waals surface area contributed by atoms with Crippen molar-refractivity contribution >= 4 is 47.2 Å². The van der Waals surface area contributed by atoms with Gasteiger partial charge in [0.05, 0.1) is 17.2 Å². The molecule has 1 aliphatic heterocycles.